The zero-order valence-electron chi connectivity index (χ0n) is 32.0. The lowest BCUT2D eigenvalue weighted by Gasteiger charge is -2.30. The highest BCUT2D eigenvalue weighted by molar-refractivity contribution is 6.17. The van der Waals surface area contributed by atoms with Crippen molar-refractivity contribution < 1.29 is 8.83 Å². The topological polar surface area (TPSA) is 36.0 Å². The molecule has 11 aromatic rings. The van der Waals surface area contributed by atoms with Crippen molar-refractivity contribution in [1.82, 2.24) is 0 Å². The van der Waals surface area contributed by atoms with Crippen molar-refractivity contribution in [1.29, 1.82) is 0 Å². The van der Waals surface area contributed by atoms with Crippen LogP contribution in [0.15, 0.2) is 233 Å². The molecule has 0 aliphatic rings. The van der Waals surface area contributed by atoms with Gasteiger partial charge < -0.3 is 23.5 Å². The molecule has 9 aromatic carbocycles. The zero-order chi connectivity index (χ0) is 39.1. The average molecular weight is 760 g/mol. The minimum atomic E-state index is 0.776. The summed E-state index contributed by atoms with van der Waals surface area (Å²) >= 11 is 0. The average Bonchev–Trinajstić information content (AvgIpc) is 3.87. The van der Waals surface area contributed by atoms with Gasteiger partial charge in [0.05, 0.1) is 27.8 Å². The summed E-state index contributed by atoms with van der Waals surface area (Å²) in [4.78, 5) is 6.97. The molecule has 0 saturated carbocycles. The van der Waals surface area contributed by atoms with Gasteiger partial charge in [0.25, 0.3) is 0 Å². The number of rotatable bonds is 9. The minimum Gasteiger partial charge on any atom is -0.456 e. The Morgan fingerprint density at radius 1 is 0.237 bits per heavy atom. The number of hydrogen-bond acceptors (Lipinski definition) is 5. The molecule has 0 spiro atoms. The van der Waals surface area contributed by atoms with Crippen LogP contribution in [0.3, 0.4) is 0 Å². The van der Waals surface area contributed by atoms with Crippen LogP contribution >= 0.6 is 0 Å². The zero-order valence-corrected chi connectivity index (χ0v) is 32.0. The molecule has 2 aromatic heterocycles. The predicted octanol–water partition coefficient (Wildman–Crippen LogP) is 15.9. The standard InChI is InChI=1S/C54H37N3O2/c1-6-19-38(20-7-1)55(39-21-8-2-9-22-39)43-33-34-50-46(35-43)54-48(56(40-23-10-3-11-24-40)41-25-12-4-13-26-41)36-44(37-52(54)59-50)57(42-27-14-5-15-28-42)47-30-18-32-51-53(47)45-29-16-17-31-49(45)58-51/h1-37H. The molecular weight excluding hydrogens is 723 g/mol. The monoisotopic (exact) mass is 759 g/mol. The highest BCUT2D eigenvalue weighted by Crippen LogP contribution is 2.50. The summed E-state index contributed by atoms with van der Waals surface area (Å²) in [5, 5.41) is 4.14. The van der Waals surface area contributed by atoms with Gasteiger partial charge in [0.2, 0.25) is 0 Å². The van der Waals surface area contributed by atoms with Crippen molar-refractivity contribution in [2.45, 2.75) is 0 Å². The molecule has 0 saturated heterocycles. The van der Waals surface area contributed by atoms with Crippen LogP contribution in [0.4, 0.5) is 51.2 Å². The maximum atomic E-state index is 6.98. The number of nitrogens with zero attached hydrogens (tertiary/aromatic N) is 3. The minimum absolute atomic E-state index is 0.776. The Morgan fingerprint density at radius 2 is 0.678 bits per heavy atom. The molecule has 0 radical (unpaired) electrons. The van der Waals surface area contributed by atoms with E-state index in [-0.39, 0.29) is 0 Å². The summed E-state index contributed by atoms with van der Waals surface area (Å²) in [6.07, 6.45) is 0. The summed E-state index contributed by atoms with van der Waals surface area (Å²) in [7, 11) is 0. The maximum absolute atomic E-state index is 6.98. The normalized spacial score (nSPS) is 11.4. The molecular formula is C54H37N3O2. The van der Waals surface area contributed by atoms with Crippen molar-refractivity contribution in [3.05, 3.63) is 224 Å². The van der Waals surface area contributed by atoms with Crippen LogP contribution in [0.1, 0.15) is 0 Å². The van der Waals surface area contributed by atoms with Crippen LogP contribution < -0.4 is 14.7 Å². The molecule has 2 heterocycles. The summed E-state index contributed by atoms with van der Waals surface area (Å²) in [6, 6.07) is 78.3. The van der Waals surface area contributed by atoms with Gasteiger partial charge in [-0.1, -0.05) is 115 Å². The smallest absolute Gasteiger partial charge is 0.139 e. The van der Waals surface area contributed by atoms with Gasteiger partial charge in [-0.2, -0.15) is 0 Å². The predicted molar refractivity (Wildman–Crippen MR) is 245 cm³/mol. The third-order valence-corrected chi connectivity index (χ3v) is 11.0. The molecule has 0 atom stereocenters. The number of para-hydroxylation sites is 6. The Kier molecular flexibility index (Phi) is 8.41. The highest BCUT2D eigenvalue weighted by Gasteiger charge is 2.26. The molecule has 0 aliphatic carbocycles. The van der Waals surface area contributed by atoms with E-state index in [1.807, 2.05) is 18.2 Å². The summed E-state index contributed by atoms with van der Waals surface area (Å²) in [5.41, 5.74) is 12.5. The Bertz CT molecular complexity index is 3140. The highest BCUT2D eigenvalue weighted by atomic mass is 16.3. The number of benzene rings is 9. The van der Waals surface area contributed by atoms with E-state index in [4.69, 9.17) is 8.83 Å². The fraction of sp³-hybridized carbons (Fsp3) is 0. The van der Waals surface area contributed by atoms with Crippen LogP contribution in [0.25, 0.3) is 43.9 Å². The van der Waals surface area contributed by atoms with Crippen molar-refractivity contribution in [2.75, 3.05) is 14.7 Å². The van der Waals surface area contributed by atoms with E-state index in [9.17, 15) is 0 Å². The second-order valence-electron chi connectivity index (χ2n) is 14.6. The van der Waals surface area contributed by atoms with E-state index in [2.05, 4.69) is 221 Å². The molecule has 0 amide bonds. The lowest BCUT2D eigenvalue weighted by atomic mass is 10.0. The molecule has 0 fully saturated rings. The quantitative estimate of drug-likeness (QED) is 0.146. The SMILES string of the molecule is c1ccc(N(c2ccccc2)c2ccc3oc4cc(N(c5ccccc5)c5cccc6oc7ccccc7c56)cc(N(c5ccccc5)c5ccccc5)c4c3c2)cc1. The fourth-order valence-electron chi connectivity index (χ4n) is 8.43. The molecule has 0 unspecified atom stereocenters. The van der Waals surface area contributed by atoms with Crippen molar-refractivity contribution >= 4 is 95.1 Å². The molecule has 0 N–H and O–H groups in total. The third kappa shape index (κ3) is 6.04. The Hall–Kier alpha value is -8.02. The van der Waals surface area contributed by atoms with Gasteiger partial charge in [0.1, 0.15) is 22.3 Å². The van der Waals surface area contributed by atoms with Crippen molar-refractivity contribution in [3.63, 3.8) is 0 Å². The van der Waals surface area contributed by atoms with Gasteiger partial charge in [0.15, 0.2) is 0 Å². The molecule has 5 heteroatoms. The van der Waals surface area contributed by atoms with Gasteiger partial charge in [-0.15, -0.1) is 0 Å². The van der Waals surface area contributed by atoms with E-state index in [1.54, 1.807) is 0 Å². The van der Waals surface area contributed by atoms with Gasteiger partial charge in [-0.25, -0.2) is 0 Å². The van der Waals surface area contributed by atoms with Gasteiger partial charge in [0, 0.05) is 51.0 Å². The van der Waals surface area contributed by atoms with E-state index >= 15 is 0 Å². The first-order valence-corrected chi connectivity index (χ1v) is 19.8. The lowest BCUT2D eigenvalue weighted by Crippen LogP contribution is -2.13. The number of hydrogen-bond donors (Lipinski definition) is 0. The van der Waals surface area contributed by atoms with Crippen LogP contribution in [0, 0.1) is 0 Å². The van der Waals surface area contributed by atoms with Crippen LogP contribution in [0.5, 0.6) is 0 Å². The van der Waals surface area contributed by atoms with Crippen molar-refractivity contribution in [2.24, 2.45) is 0 Å². The largest absolute Gasteiger partial charge is 0.456 e. The van der Waals surface area contributed by atoms with Gasteiger partial charge >= 0.3 is 0 Å². The van der Waals surface area contributed by atoms with Crippen LogP contribution in [-0.4, -0.2) is 0 Å². The maximum Gasteiger partial charge on any atom is 0.139 e. The van der Waals surface area contributed by atoms with E-state index in [0.717, 1.165) is 95.1 Å². The Balaban J connectivity index is 1.22. The molecule has 11 rings (SSSR count). The summed E-state index contributed by atoms with van der Waals surface area (Å²) < 4.78 is 13.4. The van der Waals surface area contributed by atoms with E-state index < -0.39 is 0 Å². The van der Waals surface area contributed by atoms with E-state index in [1.165, 1.54) is 0 Å². The summed E-state index contributed by atoms with van der Waals surface area (Å²) in [6.45, 7) is 0. The van der Waals surface area contributed by atoms with Gasteiger partial charge in [-0.05, 0) is 103 Å². The Labute approximate surface area is 341 Å². The summed E-state index contributed by atoms with van der Waals surface area (Å²) in [5.74, 6) is 0. The molecule has 5 nitrogen and oxygen atoms in total. The molecule has 280 valence electrons. The first kappa shape index (κ1) is 34.2. The second-order valence-corrected chi connectivity index (χ2v) is 14.6. The Morgan fingerprint density at radius 3 is 1.25 bits per heavy atom. The van der Waals surface area contributed by atoms with E-state index in [0.29, 0.717) is 0 Å². The number of fused-ring (bicyclic) bond motifs is 6. The first-order chi connectivity index (χ1) is 29.3. The second kappa shape index (κ2) is 14.5. The van der Waals surface area contributed by atoms with Crippen LogP contribution in [0.2, 0.25) is 0 Å². The van der Waals surface area contributed by atoms with Crippen LogP contribution in [-0.2, 0) is 0 Å². The molecule has 0 bridgehead atoms. The number of furan rings is 2. The number of anilines is 9. The third-order valence-electron chi connectivity index (χ3n) is 11.0. The molecule has 0 aliphatic heterocycles. The molecule has 59 heavy (non-hydrogen) atoms. The lowest BCUT2D eigenvalue weighted by molar-refractivity contribution is 0.669. The van der Waals surface area contributed by atoms with Gasteiger partial charge in [-0.3, -0.25) is 0 Å². The fourth-order valence-corrected chi connectivity index (χ4v) is 8.43. The van der Waals surface area contributed by atoms with Crippen molar-refractivity contribution in [3.8, 4) is 0 Å². The first-order valence-electron chi connectivity index (χ1n) is 19.8.